The summed E-state index contributed by atoms with van der Waals surface area (Å²) < 4.78 is 0. The summed E-state index contributed by atoms with van der Waals surface area (Å²) in [7, 11) is 0. The maximum Gasteiger partial charge on any atom is 0.257 e. The van der Waals surface area contributed by atoms with E-state index >= 15 is 0 Å². The summed E-state index contributed by atoms with van der Waals surface area (Å²) in [6.07, 6.45) is 6.28. The number of allylic oxidation sites excluding steroid dienone is 1. The highest BCUT2D eigenvalue weighted by Crippen LogP contribution is 2.26. The first-order valence-electron chi connectivity index (χ1n) is 12.8. The van der Waals surface area contributed by atoms with Crippen molar-refractivity contribution in [2.75, 3.05) is 13.1 Å². The summed E-state index contributed by atoms with van der Waals surface area (Å²) in [4.78, 5) is 39.2. The van der Waals surface area contributed by atoms with Crippen molar-refractivity contribution >= 4 is 23.8 Å². The van der Waals surface area contributed by atoms with Gasteiger partial charge in [-0.15, -0.1) is 0 Å². The monoisotopic (exact) mass is 503 g/mol. The quantitative estimate of drug-likeness (QED) is 0.141. The third-order valence-corrected chi connectivity index (χ3v) is 5.84. The van der Waals surface area contributed by atoms with Crippen molar-refractivity contribution in [1.29, 1.82) is 0 Å². The minimum atomic E-state index is -0.827. The van der Waals surface area contributed by atoms with Gasteiger partial charge in [-0.05, 0) is 49.6 Å². The van der Waals surface area contributed by atoms with E-state index in [1.54, 1.807) is 5.48 Å². The standard InChI is InChI=1S/C27H45N5O4/c1-19(2)17-23(22(26(34)31-36)14-10-13-21-11-6-5-7-12-21)25(33)30-32(18-20(3)4)27(35)24(29)15-8-9-16-28/h5-7,10-13,19-20,22-24,36H,8-9,14-18,28-29H2,1-4H3,(H,30,33)(H,31,34)/b13-10+/t22-,23+,24-/m0/s1. The van der Waals surface area contributed by atoms with Gasteiger partial charge in [0.15, 0.2) is 0 Å². The van der Waals surface area contributed by atoms with Crippen molar-refractivity contribution < 1.29 is 19.6 Å². The van der Waals surface area contributed by atoms with Crippen LogP contribution in [0.3, 0.4) is 0 Å². The van der Waals surface area contributed by atoms with E-state index in [9.17, 15) is 19.6 Å². The lowest BCUT2D eigenvalue weighted by Crippen LogP contribution is -2.56. The number of carbonyl (C=O) groups is 3. The number of hydrogen-bond acceptors (Lipinski definition) is 6. The molecule has 1 aromatic rings. The van der Waals surface area contributed by atoms with Gasteiger partial charge in [0, 0.05) is 6.54 Å². The van der Waals surface area contributed by atoms with Gasteiger partial charge in [0.25, 0.3) is 5.91 Å². The molecule has 0 aromatic heterocycles. The van der Waals surface area contributed by atoms with Gasteiger partial charge in [0.1, 0.15) is 0 Å². The molecule has 0 aliphatic carbocycles. The van der Waals surface area contributed by atoms with E-state index in [-0.39, 0.29) is 30.7 Å². The van der Waals surface area contributed by atoms with Crippen LogP contribution in [0.15, 0.2) is 36.4 Å². The number of nitrogens with zero attached hydrogens (tertiary/aromatic N) is 1. The van der Waals surface area contributed by atoms with Gasteiger partial charge in [-0.1, -0.05) is 76.6 Å². The van der Waals surface area contributed by atoms with Crippen molar-refractivity contribution in [1.82, 2.24) is 15.9 Å². The molecule has 7 N–H and O–H groups in total. The topological polar surface area (TPSA) is 151 Å². The Balaban J connectivity index is 3.12. The normalized spacial score (nSPS) is 14.0. The molecule has 0 aliphatic rings. The molecule has 1 rings (SSSR count). The predicted molar refractivity (Wildman–Crippen MR) is 142 cm³/mol. The number of rotatable bonds is 15. The molecule has 36 heavy (non-hydrogen) atoms. The van der Waals surface area contributed by atoms with Crippen molar-refractivity contribution in [2.24, 2.45) is 35.1 Å². The number of amides is 3. The smallest absolute Gasteiger partial charge is 0.257 e. The summed E-state index contributed by atoms with van der Waals surface area (Å²) in [5, 5.41) is 10.7. The van der Waals surface area contributed by atoms with Gasteiger partial charge in [-0.2, -0.15) is 0 Å². The van der Waals surface area contributed by atoms with Gasteiger partial charge < -0.3 is 11.5 Å². The zero-order chi connectivity index (χ0) is 27.1. The first-order chi connectivity index (χ1) is 17.1. The van der Waals surface area contributed by atoms with Crippen LogP contribution in [0.4, 0.5) is 0 Å². The van der Waals surface area contributed by atoms with Crippen LogP contribution < -0.4 is 22.4 Å². The SMILES string of the molecule is CC(C)C[C@@H](C(=O)NN(CC(C)C)C(=O)[C@@H](N)CCCCN)[C@H](C/C=C/c1ccccc1)C(=O)NO. The summed E-state index contributed by atoms with van der Waals surface area (Å²) in [6.45, 7) is 8.60. The summed E-state index contributed by atoms with van der Waals surface area (Å²) in [6, 6.07) is 8.84. The Morgan fingerprint density at radius 2 is 1.67 bits per heavy atom. The van der Waals surface area contributed by atoms with Crippen molar-refractivity contribution in [3.05, 3.63) is 42.0 Å². The van der Waals surface area contributed by atoms with Crippen LogP contribution in [0.5, 0.6) is 0 Å². The summed E-state index contributed by atoms with van der Waals surface area (Å²) in [5.74, 6) is -2.88. The number of carbonyl (C=O) groups excluding carboxylic acids is 3. The molecule has 0 radical (unpaired) electrons. The zero-order valence-corrected chi connectivity index (χ0v) is 22.2. The molecular formula is C27H45N5O4. The average molecular weight is 504 g/mol. The average Bonchev–Trinajstić information content (AvgIpc) is 2.84. The van der Waals surface area contributed by atoms with Crippen molar-refractivity contribution in [3.63, 3.8) is 0 Å². The Hall–Kier alpha value is -2.75. The third kappa shape index (κ3) is 11.3. The van der Waals surface area contributed by atoms with Gasteiger partial charge in [0.2, 0.25) is 11.8 Å². The molecule has 0 bridgehead atoms. The van der Waals surface area contributed by atoms with Crippen LogP contribution in [0, 0.1) is 23.7 Å². The maximum atomic E-state index is 13.5. The van der Waals surface area contributed by atoms with Crippen molar-refractivity contribution in [2.45, 2.75) is 65.8 Å². The van der Waals surface area contributed by atoms with Crippen molar-refractivity contribution in [3.8, 4) is 0 Å². The van der Waals surface area contributed by atoms with E-state index in [4.69, 9.17) is 11.5 Å². The molecule has 3 atom stereocenters. The van der Waals surface area contributed by atoms with Crippen LogP contribution in [0.25, 0.3) is 6.08 Å². The Kier molecular flexibility index (Phi) is 14.6. The number of hydroxylamine groups is 1. The Morgan fingerprint density at radius 1 is 1.00 bits per heavy atom. The third-order valence-electron chi connectivity index (χ3n) is 5.84. The van der Waals surface area contributed by atoms with Crippen LogP contribution >= 0.6 is 0 Å². The lowest BCUT2D eigenvalue weighted by Gasteiger charge is -2.31. The van der Waals surface area contributed by atoms with E-state index in [0.29, 0.717) is 19.4 Å². The molecule has 202 valence electrons. The molecule has 0 fully saturated rings. The molecule has 3 amide bonds. The highest BCUT2D eigenvalue weighted by Gasteiger charge is 2.35. The summed E-state index contributed by atoms with van der Waals surface area (Å²) in [5.41, 5.74) is 17.1. The van der Waals surface area contributed by atoms with Crippen LogP contribution in [0.2, 0.25) is 0 Å². The van der Waals surface area contributed by atoms with E-state index in [1.807, 2.05) is 70.2 Å². The second-order valence-electron chi connectivity index (χ2n) is 10.1. The number of hydrazine groups is 1. The van der Waals surface area contributed by atoms with Gasteiger partial charge in [-0.3, -0.25) is 30.0 Å². The van der Waals surface area contributed by atoms with Gasteiger partial charge in [0.05, 0.1) is 17.9 Å². The molecule has 1 aromatic carbocycles. The zero-order valence-electron chi connectivity index (χ0n) is 22.2. The summed E-state index contributed by atoms with van der Waals surface area (Å²) >= 11 is 0. The largest absolute Gasteiger partial charge is 0.330 e. The first kappa shape index (κ1) is 31.3. The van der Waals surface area contributed by atoms with E-state index in [0.717, 1.165) is 18.4 Å². The fourth-order valence-corrected chi connectivity index (χ4v) is 4.02. The maximum absolute atomic E-state index is 13.5. The number of hydrogen-bond donors (Lipinski definition) is 5. The minimum absolute atomic E-state index is 0.0828. The number of unbranched alkanes of at least 4 members (excludes halogenated alkanes) is 1. The van der Waals surface area contributed by atoms with E-state index in [2.05, 4.69) is 5.43 Å². The fourth-order valence-electron chi connectivity index (χ4n) is 4.02. The molecule has 0 unspecified atom stereocenters. The molecular weight excluding hydrogens is 458 g/mol. The van der Waals surface area contributed by atoms with Crippen LogP contribution in [0.1, 0.15) is 65.4 Å². The number of nitrogens with two attached hydrogens (primary N) is 2. The van der Waals surface area contributed by atoms with Crippen LogP contribution in [-0.4, -0.2) is 47.1 Å². The highest BCUT2D eigenvalue weighted by atomic mass is 16.5. The molecule has 9 heteroatoms. The van der Waals surface area contributed by atoms with E-state index in [1.165, 1.54) is 5.01 Å². The van der Waals surface area contributed by atoms with E-state index < -0.39 is 29.7 Å². The van der Waals surface area contributed by atoms with Crippen LogP contribution in [-0.2, 0) is 14.4 Å². The fraction of sp³-hybridized carbons (Fsp3) is 0.593. The van der Waals surface area contributed by atoms with Gasteiger partial charge >= 0.3 is 0 Å². The lowest BCUT2D eigenvalue weighted by molar-refractivity contribution is -0.148. The van der Waals surface area contributed by atoms with Gasteiger partial charge in [-0.25, -0.2) is 5.48 Å². The second kappa shape index (κ2) is 16.8. The molecule has 0 saturated carbocycles. The molecule has 0 saturated heterocycles. The number of nitrogens with one attached hydrogen (secondary N) is 2. The lowest BCUT2D eigenvalue weighted by atomic mass is 9.82. The minimum Gasteiger partial charge on any atom is -0.330 e. The first-order valence-corrected chi connectivity index (χ1v) is 12.8. The molecule has 9 nitrogen and oxygen atoms in total. The Morgan fingerprint density at radius 3 is 2.22 bits per heavy atom. The highest BCUT2D eigenvalue weighted by molar-refractivity contribution is 5.89. The molecule has 0 spiro atoms. The number of benzene rings is 1. The molecule has 0 heterocycles. The Labute approximate surface area is 215 Å². The Bertz CT molecular complexity index is 829. The second-order valence-corrected chi connectivity index (χ2v) is 10.1. The predicted octanol–water partition coefficient (Wildman–Crippen LogP) is 2.85. The molecule has 0 aliphatic heterocycles.